The monoisotopic (exact) mass is 413 g/mol. The number of hydrogen-bond acceptors (Lipinski definition) is 5. The van der Waals surface area contributed by atoms with E-state index in [-0.39, 0.29) is 12.5 Å². The lowest BCUT2D eigenvalue weighted by molar-refractivity contribution is -0.121. The van der Waals surface area contributed by atoms with Crippen molar-refractivity contribution in [3.05, 3.63) is 56.8 Å². The molecule has 1 aromatic heterocycles. The van der Waals surface area contributed by atoms with Crippen molar-refractivity contribution < 1.29 is 13.9 Å². The summed E-state index contributed by atoms with van der Waals surface area (Å²) < 4.78 is 11.9. The van der Waals surface area contributed by atoms with Gasteiger partial charge in [0.05, 0.1) is 15.0 Å². The molecule has 1 fully saturated rings. The molecule has 0 spiro atoms. The maximum Gasteiger partial charge on any atom is 0.266 e. The smallest absolute Gasteiger partial charge is 0.266 e. The highest BCUT2D eigenvalue weighted by atomic mass is 35.5. The van der Waals surface area contributed by atoms with Crippen LogP contribution in [0.25, 0.3) is 6.08 Å². The summed E-state index contributed by atoms with van der Waals surface area (Å²) in [6, 6.07) is 8.62. The highest BCUT2D eigenvalue weighted by molar-refractivity contribution is 8.26. The highest BCUT2D eigenvalue weighted by Crippen LogP contribution is 2.32. The predicted molar refractivity (Wildman–Crippen MR) is 105 cm³/mol. The largest absolute Gasteiger partial charge is 0.486 e. The first kappa shape index (κ1) is 18.3. The van der Waals surface area contributed by atoms with Gasteiger partial charge in [0.25, 0.3) is 5.91 Å². The predicted octanol–water partition coefficient (Wildman–Crippen LogP) is 5.39. The molecule has 3 rings (SSSR count). The van der Waals surface area contributed by atoms with Crippen LogP contribution >= 0.6 is 47.2 Å². The molecule has 1 amide bonds. The normalized spacial score (nSPS) is 16.1. The van der Waals surface area contributed by atoms with Crippen molar-refractivity contribution in [1.29, 1.82) is 0 Å². The standard InChI is InChI=1S/C17H13Cl2NO3S2/c1-2-20-16(21)15(25-17(20)24)8-11-3-4-12(23-11)9-22-10-5-6-13(18)14(19)7-10/h3-8H,2,9H2,1H3/b15-8-. The van der Waals surface area contributed by atoms with Gasteiger partial charge in [0.1, 0.15) is 28.2 Å². The molecule has 0 saturated carbocycles. The molecular weight excluding hydrogens is 401 g/mol. The molecule has 0 atom stereocenters. The molecule has 1 aliphatic rings. The van der Waals surface area contributed by atoms with Crippen LogP contribution in [0.15, 0.2) is 39.7 Å². The molecule has 0 aliphatic carbocycles. The summed E-state index contributed by atoms with van der Waals surface area (Å²) in [5.74, 6) is 1.70. The van der Waals surface area contributed by atoms with E-state index in [0.29, 0.717) is 43.1 Å². The second-order valence-electron chi connectivity index (χ2n) is 5.09. The van der Waals surface area contributed by atoms with Crippen molar-refractivity contribution in [3.8, 4) is 5.75 Å². The van der Waals surface area contributed by atoms with Gasteiger partial charge >= 0.3 is 0 Å². The third-order valence-electron chi connectivity index (χ3n) is 3.42. The van der Waals surface area contributed by atoms with Crippen LogP contribution in [0, 0.1) is 0 Å². The number of nitrogens with zero attached hydrogens (tertiary/aromatic N) is 1. The van der Waals surface area contributed by atoms with Gasteiger partial charge in [-0.2, -0.15) is 0 Å². The molecule has 1 aliphatic heterocycles. The van der Waals surface area contributed by atoms with Crippen LogP contribution in [0.4, 0.5) is 0 Å². The van der Waals surface area contributed by atoms with Crippen molar-refractivity contribution in [2.45, 2.75) is 13.5 Å². The molecule has 8 heteroatoms. The molecule has 4 nitrogen and oxygen atoms in total. The Kier molecular flexibility index (Phi) is 5.74. The number of carbonyl (C=O) groups excluding carboxylic acids is 1. The Morgan fingerprint density at radius 3 is 2.76 bits per heavy atom. The molecule has 0 unspecified atom stereocenters. The van der Waals surface area contributed by atoms with Crippen LogP contribution in [-0.4, -0.2) is 21.7 Å². The molecule has 0 bridgehead atoms. The number of carbonyl (C=O) groups is 1. The maximum atomic E-state index is 12.2. The first-order chi connectivity index (χ1) is 12.0. The topological polar surface area (TPSA) is 42.7 Å². The number of halogens is 2. The molecule has 130 valence electrons. The lowest BCUT2D eigenvalue weighted by atomic mass is 10.3. The molecule has 1 saturated heterocycles. The quantitative estimate of drug-likeness (QED) is 0.485. The van der Waals surface area contributed by atoms with Gasteiger partial charge in [0.15, 0.2) is 0 Å². The zero-order chi connectivity index (χ0) is 18.0. The second kappa shape index (κ2) is 7.83. The molecule has 2 heterocycles. The molecule has 0 radical (unpaired) electrons. The fourth-order valence-corrected chi connectivity index (χ4v) is 3.82. The van der Waals surface area contributed by atoms with Gasteiger partial charge in [0.2, 0.25) is 0 Å². The zero-order valence-corrected chi connectivity index (χ0v) is 16.3. The summed E-state index contributed by atoms with van der Waals surface area (Å²) in [5.41, 5.74) is 0. The van der Waals surface area contributed by atoms with Crippen LogP contribution in [0.5, 0.6) is 5.75 Å². The molecule has 1 aromatic carbocycles. The van der Waals surface area contributed by atoms with Crippen LogP contribution in [-0.2, 0) is 11.4 Å². The van der Waals surface area contributed by atoms with Crippen LogP contribution < -0.4 is 4.74 Å². The Labute approximate surface area is 164 Å². The third-order valence-corrected chi connectivity index (χ3v) is 5.53. The first-order valence-electron chi connectivity index (χ1n) is 7.40. The lowest BCUT2D eigenvalue weighted by Crippen LogP contribution is -2.27. The Bertz CT molecular complexity index is 863. The van der Waals surface area contributed by atoms with Gasteiger partial charge in [-0.3, -0.25) is 9.69 Å². The van der Waals surface area contributed by atoms with Crippen LogP contribution in [0.1, 0.15) is 18.4 Å². The van der Waals surface area contributed by atoms with Gasteiger partial charge in [-0.05, 0) is 31.2 Å². The second-order valence-corrected chi connectivity index (χ2v) is 7.58. The van der Waals surface area contributed by atoms with Gasteiger partial charge in [-0.1, -0.05) is 47.2 Å². The van der Waals surface area contributed by atoms with E-state index in [1.165, 1.54) is 11.8 Å². The van der Waals surface area contributed by atoms with Gasteiger partial charge in [-0.25, -0.2) is 0 Å². The van der Waals surface area contributed by atoms with Crippen molar-refractivity contribution in [2.75, 3.05) is 6.54 Å². The van der Waals surface area contributed by atoms with E-state index in [9.17, 15) is 4.79 Å². The number of rotatable bonds is 5. The van der Waals surface area contributed by atoms with Crippen molar-refractivity contribution in [3.63, 3.8) is 0 Å². The van der Waals surface area contributed by atoms with Crippen LogP contribution in [0.2, 0.25) is 10.0 Å². The van der Waals surface area contributed by atoms with Gasteiger partial charge in [-0.15, -0.1) is 0 Å². The van der Waals surface area contributed by atoms with E-state index < -0.39 is 0 Å². The summed E-state index contributed by atoms with van der Waals surface area (Å²) >= 11 is 18.3. The minimum atomic E-state index is -0.0949. The van der Waals surface area contributed by atoms with Gasteiger partial charge in [0, 0.05) is 18.7 Å². The fraction of sp³-hybridized carbons (Fsp3) is 0.176. The maximum absolute atomic E-state index is 12.2. The number of furan rings is 1. The van der Waals surface area contributed by atoms with E-state index in [1.54, 1.807) is 41.3 Å². The lowest BCUT2D eigenvalue weighted by Gasteiger charge is -2.09. The summed E-state index contributed by atoms with van der Waals surface area (Å²) in [6.07, 6.45) is 1.69. The van der Waals surface area contributed by atoms with Crippen LogP contribution in [0.3, 0.4) is 0 Å². The number of ether oxygens (including phenoxy) is 1. The van der Waals surface area contributed by atoms with E-state index >= 15 is 0 Å². The molecule has 0 N–H and O–H groups in total. The summed E-state index contributed by atoms with van der Waals surface area (Å²) in [6.45, 7) is 2.68. The Morgan fingerprint density at radius 2 is 2.08 bits per heavy atom. The first-order valence-corrected chi connectivity index (χ1v) is 9.38. The Balaban J connectivity index is 1.66. The van der Waals surface area contributed by atoms with E-state index in [2.05, 4.69) is 0 Å². The molecule has 2 aromatic rings. The number of thioether (sulfide) groups is 1. The average Bonchev–Trinajstić information content (AvgIpc) is 3.13. The summed E-state index contributed by atoms with van der Waals surface area (Å²) in [4.78, 5) is 14.3. The zero-order valence-electron chi connectivity index (χ0n) is 13.1. The third kappa shape index (κ3) is 4.20. The van der Waals surface area contributed by atoms with E-state index in [1.807, 2.05) is 6.92 Å². The van der Waals surface area contributed by atoms with Crippen molar-refractivity contribution >= 4 is 63.5 Å². The summed E-state index contributed by atoms with van der Waals surface area (Å²) in [7, 11) is 0. The Hall–Kier alpha value is -1.47. The number of benzene rings is 1. The van der Waals surface area contributed by atoms with E-state index in [4.69, 9.17) is 44.6 Å². The van der Waals surface area contributed by atoms with Crippen molar-refractivity contribution in [2.24, 2.45) is 0 Å². The summed E-state index contributed by atoms with van der Waals surface area (Å²) in [5, 5.41) is 0.899. The fourth-order valence-electron chi connectivity index (χ4n) is 2.17. The van der Waals surface area contributed by atoms with Crippen molar-refractivity contribution in [1.82, 2.24) is 4.90 Å². The molecular formula is C17H13Cl2NO3S2. The number of amides is 1. The Morgan fingerprint density at radius 1 is 1.28 bits per heavy atom. The minimum absolute atomic E-state index is 0.0949. The average molecular weight is 414 g/mol. The van der Waals surface area contributed by atoms with Gasteiger partial charge < -0.3 is 9.15 Å². The molecule has 25 heavy (non-hydrogen) atoms. The number of thiocarbonyl (C=S) groups is 1. The van der Waals surface area contributed by atoms with E-state index in [0.717, 1.165) is 0 Å². The highest BCUT2D eigenvalue weighted by Gasteiger charge is 2.30. The number of hydrogen-bond donors (Lipinski definition) is 0. The number of likely N-dealkylation sites (N-methyl/N-ethyl adjacent to an activating group) is 1. The minimum Gasteiger partial charge on any atom is -0.486 e. The SMILES string of the molecule is CCN1C(=O)/C(=C/c2ccc(COc3ccc(Cl)c(Cl)c3)o2)SC1=S.